The first-order valence-electron chi connectivity index (χ1n) is 9.67. The smallest absolute Gasteiger partial charge is 0.197 e. The van der Waals surface area contributed by atoms with Gasteiger partial charge in [-0.1, -0.05) is 11.6 Å². The molecule has 30 heavy (non-hydrogen) atoms. The summed E-state index contributed by atoms with van der Waals surface area (Å²) in [7, 11) is 3.67. The highest BCUT2D eigenvalue weighted by atomic mass is 35.5. The number of aliphatic hydroxyl groups excluding tert-OH is 1. The van der Waals surface area contributed by atoms with Gasteiger partial charge in [-0.25, -0.2) is 0 Å². The number of aliphatic hydroxyl groups is 1. The lowest BCUT2D eigenvalue weighted by molar-refractivity contribution is 0.172. The van der Waals surface area contributed by atoms with Crippen molar-refractivity contribution in [2.75, 3.05) is 32.6 Å². The molecule has 0 radical (unpaired) electrons. The lowest BCUT2D eigenvalue weighted by Crippen LogP contribution is -2.32. The van der Waals surface area contributed by atoms with Gasteiger partial charge >= 0.3 is 0 Å². The van der Waals surface area contributed by atoms with E-state index < -0.39 is 5.43 Å². The summed E-state index contributed by atoms with van der Waals surface area (Å²) in [6, 6.07) is 7.47. The number of nitrogens with zero attached hydrogens (tertiary/aromatic N) is 1. The van der Waals surface area contributed by atoms with Gasteiger partial charge in [0.05, 0.1) is 11.6 Å². The van der Waals surface area contributed by atoms with E-state index in [1.165, 1.54) is 6.07 Å². The maximum Gasteiger partial charge on any atom is 0.197 e. The second-order valence-electron chi connectivity index (χ2n) is 7.58. The van der Waals surface area contributed by atoms with Gasteiger partial charge in [-0.15, -0.1) is 0 Å². The van der Waals surface area contributed by atoms with Crippen LogP contribution in [0.3, 0.4) is 0 Å². The first kappa shape index (κ1) is 20.5. The van der Waals surface area contributed by atoms with Gasteiger partial charge in [0.1, 0.15) is 28.2 Å². The number of halogens is 1. The van der Waals surface area contributed by atoms with Crippen LogP contribution in [0, 0.1) is 0 Å². The molecule has 3 aromatic rings. The third kappa shape index (κ3) is 3.29. The van der Waals surface area contributed by atoms with Crippen LogP contribution in [-0.2, 0) is 0 Å². The third-order valence-electron chi connectivity index (χ3n) is 5.90. The van der Waals surface area contributed by atoms with E-state index in [-0.39, 0.29) is 46.8 Å². The Bertz CT molecular complexity index is 1180. The number of nitrogens with one attached hydrogen (secondary N) is 1. The zero-order chi connectivity index (χ0) is 21.6. The fraction of sp³-hybridized carbons (Fsp3) is 0.318. The summed E-state index contributed by atoms with van der Waals surface area (Å²) in [5.41, 5.74) is 1.41. The van der Waals surface area contributed by atoms with E-state index in [4.69, 9.17) is 16.0 Å². The highest BCUT2D eigenvalue weighted by molar-refractivity contribution is 6.33. The average molecular weight is 431 g/mol. The first-order chi connectivity index (χ1) is 14.3. The van der Waals surface area contributed by atoms with Gasteiger partial charge in [0, 0.05) is 48.0 Å². The zero-order valence-electron chi connectivity index (χ0n) is 16.6. The molecule has 1 aliphatic rings. The number of anilines is 1. The van der Waals surface area contributed by atoms with Crippen LogP contribution >= 0.6 is 11.6 Å². The van der Waals surface area contributed by atoms with Gasteiger partial charge in [-0.3, -0.25) is 4.79 Å². The fourth-order valence-corrected chi connectivity index (χ4v) is 4.57. The minimum atomic E-state index is -0.439. The van der Waals surface area contributed by atoms with Crippen LogP contribution in [0.5, 0.6) is 11.5 Å². The largest absolute Gasteiger partial charge is 0.507 e. The van der Waals surface area contributed by atoms with Gasteiger partial charge in [-0.2, -0.15) is 0 Å². The molecule has 4 rings (SSSR count). The quantitative estimate of drug-likeness (QED) is 0.503. The Hall–Kier alpha value is -2.74. The molecule has 4 N–H and O–H groups in total. The number of likely N-dealkylation sites (N-methyl/N-ethyl adjacent to an activating group) is 1. The number of phenols is 2. The number of rotatable bonds is 4. The number of aromatic hydroxyl groups is 2. The Kier molecular flexibility index (Phi) is 5.36. The lowest BCUT2D eigenvalue weighted by Gasteiger charge is -2.24. The Labute approximate surface area is 178 Å². The minimum absolute atomic E-state index is 0.000704. The molecule has 2 heterocycles. The van der Waals surface area contributed by atoms with Crippen LogP contribution in [0.4, 0.5) is 5.69 Å². The predicted octanol–water partition coefficient (Wildman–Crippen LogP) is 3.35. The van der Waals surface area contributed by atoms with Crippen molar-refractivity contribution in [1.29, 1.82) is 0 Å². The van der Waals surface area contributed by atoms with Gasteiger partial charge in [0.25, 0.3) is 0 Å². The van der Waals surface area contributed by atoms with Crippen molar-refractivity contribution in [3.05, 3.63) is 51.1 Å². The zero-order valence-corrected chi connectivity index (χ0v) is 17.4. The van der Waals surface area contributed by atoms with Crippen LogP contribution < -0.4 is 10.7 Å². The van der Waals surface area contributed by atoms with Crippen LogP contribution in [0.25, 0.3) is 22.3 Å². The Morgan fingerprint density at radius 2 is 2.00 bits per heavy atom. The van der Waals surface area contributed by atoms with Crippen LogP contribution in [0.2, 0.25) is 5.02 Å². The molecular weight excluding hydrogens is 408 g/mol. The maximum absolute atomic E-state index is 12.9. The summed E-state index contributed by atoms with van der Waals surface area (Å²) in [4.78, 5) is 14.9. The van der Waals surface area contributed by atoms with Crippen LogP contribution in [0.15, 0.2) is 39.5 Å². The topological polar surface area (TPSA) is 106 Å². The lowest BCUT2D eigenvalue weighted by atomic mass is 9.89. The molecule has 0 bridgehead atoms. The molecule has 8 heteroatoms. The summed E-state index contributed by atoms with van der Waals surface area (Å²) in [5.74, 6) is -0.548. The fourth-order valence-electron chi connectivity index (χ4n) is 4.29. The molecule has 7 nitrogen and oxygen atoms in total. The van der Waals surface area contributed by atoms with E-state index in [2.05, 4.69) is 5.32 Å². The second kappa shape index (κ2) is 7.83. The number of benzene rings is 2. The third-order valence-corrected chi connectivity index (χ3v) is 6.22. The van der Waals surface area contributed by atoms with E-state index in [1.54, 1.807) is 25.2 Å². The van der Waals surface area contributed by atoms with Crippen molar-refractivity contribution >= 4 is 28.3 Å². The molecule has 0 amide bonds. The highest BCUT2D eigenvalue weighted by Crippen LogP contribution is 2.44. The van der Waals surface area contributed by atoms with Gasteiger partial charge in [0.15, 0.2) is 5.43 Å². The molecule has 2 aromatic carbocycles. The van der Waals surface area contributed by atoms with Crippen molar-refractivity contribution < 1.29 is 19.7 Å². The van der Waals surface area contributed by atoms with E-state index >= 15 is 0 Å². The van der Waals surface area contributed by atoms with Gasteiger partial charge < -0.3 is 30.0 Å². The summed E-state index contributed by atoms with van der Waals surface area (Å²) >= 11 is 6.40. The van der Waals surface area contributed by atoms with Crippen molar-refractivity contribution in [3.8, 4) is 22.8 Å². The first-order valence-corrected chi connectivity index (χ1v) is 10.0. The summed E-state index contributed by atoms with van der Waals surface area (Å²) in [6.07, 6.45) is 0.667. The molecule has 0 saturated carbocycles. The summed E-state index contributed by atoms with van der Waals surface area (Å²) in [5, 5.41) is 34.3. The van der Waals surface area contributed by atoms with Crippen molar-refractivity contribution in [1.82, 2.24) is 4.90 Å². The predicted molar refractivity (Wildman–Crippen MR) is 117 cm³/mol. The Morgan fingerprint density at radius 3 is 2.67 bits per heavy atom. The Morgan fingerprint density at radius 1 is 1.23 bits per heavy atom. The van der Waals surface area contributed by atoms with E-state index in [1.807, 2.05) is 11.9 Å². The second-order valence-corrected chi connectivity index (χ2v) is 7.99. The molecule has 1 fully saturated rings. The van der Waals surface area contributed by atoms with E-state index in [9.17, 15) is 20.1 Å². The molecule has 0 spiro atoms. The van der Waals surface area contributed by atoms with E-state index in [0.29, 0.717) is 22.6 Å². The molecule has 1 unspecified atom stereocenters. The number of hydrogen-bond donors (Lipinski definition) is 4. The van der Waals surface area contributed by atoms with Crippen molar-refractivity contribution in [2.45, 2.75) is 18.4 Å². The summed E-state index contributed by atoms with van der Waals surface area (Å²) in [6.45, 7) is 0.614. The number of hydrogen-bond acceptors (Lipinski definition) is 7. The van der Waals surface area contributed by atoms with Crippen molar-refractivity contribution in [2.24, 2.45) is 0 Å². The standard InChI is InChI=1S/C22H23ClN2O5/c1-24-11-3-4-12(14(23)7-11)19-9-18(29)21-17(28)8-16(27)20(22(21)30-19)13-5-6-25(2)15(13)10-26/h3-4,7-9,13,15,24,26-28H,5-6,10H2,1-2H3/t13?,15-/m1/s1. The molecule has 158 valence electrons. The molecule has 2 atom stereocenters. The molecule has 1 aromatic heterocycles. The monoisotopic (exact) mass is 430 g/mol. The van der Waals surface area contributed by atoms with E-state index in [0.717, 1.165) is 18.3 Å². The number of likely N-dealkylation sites (tertiary alicyclic amines) is 1. The SMILES string of the molecule is CNc1ccc(-c2cc(=O)c3c(O)cc(O)c(C4CCN(C)[C@@H]4CO)c3o2)c(Cl)c1. The molecule has 0 aliphatic carbocycles. The van der Waals surface area contributed by atoms with Gasteiger partial charge in [0.2, 0.25) is 0 Å². The summed E-state index contributed by atoms with van der Waals surface area (Å²) < 4.78 is 6.09. The van der Waals surface area contributed by atoms with Gasteiger partial charge in [-0.05, 0) is 38.2 Å². The number of phenolic OH excluding ortho intramolecular Hbond substituents is 2. The van der Waals surface area contributed by atoms with Crippen LogP contribution in [-0.4, -0.2) is 53.5 Å². The van der Waals surface area contributed by atoms with Crippen LogP contribution in [0.1, 0.15) is 17.9 Å². The maximum atomic E-state index is 12.9. The molecule has 1 aliphatic heterocycles. The highest BCUT2D eigenvalue weighted by Gasteiger charge is 2.36. The average Bonchev–Trinajstić information content (AvgIpc) is 3.07. The molecule has 1 saturated heterocycles. The minimum Gasteiger partial charge on any atom is -0.507 e. The van der Waals surface area contributed by atoms with Crippen molar-refractivity contribution in [3.63, 3.8) is 0 Å². The normalized spacial score (nSPS) is 19.5. The Balaban J connectivity index is 1.99. The molecular formula is C22H23ClN2O5. The number of fused-ring (bicyclic) bond motifs is 1.